The standard InChI is InChI=1S/C21H30N4O2/c26-19(18-16-8-4-9-17(16)22-23-18)24-13-11-21(14-24)10-5-12-25(20(21)27)15-6-2-1-3-7-15/h15H,1-14H2,(H,22,23). The zero-order valence-corrected chi connectivity index (χ0v) is 16.1. The van der Waals surface area contributed by atoms with E-state index < -0.39 is 0 Å². The molecule has 5 rings (SSSR count). The number of amides is 2. The molecule has 146 valence electrons. The van der Waals surface area contributed by atoms with Gasteiger partial charge in [-0.2, -0.15) is 5.10 Å². The van der Waals surface area contributed by atoms with Crippen LogP contribution in [0, 0.1) is 5.41 Å². The maximum absolute atomic E-state index is 13.5. The van der Waals surface area contributed by atoms with E-state index in [-0.39, 0.29) is 11.3 Å². The number of H-pyrrole nitrogens is 1. The summed E-state index contributed by atoms with van der Waals surface area (Å²) in [6.45, 7) is 2.17. The average Bonchev–Trinajstić information content (AvgIpc) is 3.40. The minimum absolute atomic E-state index is 0.0221. The van der Waals surface area contributed by atoms with Crippen molar-refractivity contribution < 1.29 is 9.59 Å². The van der Waals surface area contributed by atoms with Crippen molar-refractivity contribution in [2.75, 3.05) is 19.6 Å². The third-order valence-electron chi connectivity index (χ3n) is 7.43. The van der Waals surface area contributed by atoms with Crippen molar-refractivity contribution in [3.63, 3.8) is 0 Å². The molecule has 27 heavy (non-hydrogen) atoms. The van der Waals surface area contributed by atoms with Gasteiger partial charge in [-0.15, -0.1) is 0 Å². The zero-order chi connectivity index (χ0) is 18.4. The van der Waals surface area contributed by atoms with Gasteiger partial charge in [0.25, 0.3) is 5.91 Å². The van der Waals surface area contributed by atoms with Crippen molar-refractivity contribution in [2.24, 2.45) is 5.41 Å². The number of rotatable bonds is 2. The number of aromatic nitrogens is 2. The smallest absolute Gasteiger partial charge is 0.274 e. The predicted octanol–water partition coefficient (Wildman–Crippen LogP) is 2.69. The third kappa shape index (κ3) is 2.79. The summed E-state index contributed by atoms with van der Waals surface area (Å²) in [6, 6.07) is 0.433. The van der Waals surface area contributed by atoms with Gasteiger partial charge in [-0.3, -0.25) is 14.7 Å². The summed E-state index contributed by atoms with van der Waals surface area (Å²) in [7, 11) is 0. The number of nitrogens with zero attached hydrogens (tertiary/aromatic N) is 3. The van der Waals surface area contributed by atoms with E-state index in [1.165, 1.54) is 19.3 Å². The molecule has 2 aliphatic carbocycles. The normalized spacial score (nSPS) is 29.0. The Hall–Kier alpha value is -1.85. The van der Waals surface area contributed by atoms with Crippen molar-refractivity contribution >= 4 is 11.8 Å². The van der Waals surface area contributed by atoms with E-state index in [0.29, 0.717) is 30.7 Å². The SMILES string of the molecule is O=C(c1n[nH]c2c1CCC2)N1CCC2(CCCN(C3CCCCC3)C2=O)C1. The molecular formula is C21H30N4O2. The topological polar surface area (TPSA) is 69.3 Å². The molecule has 0 aromatic carbocycles. The van der Waals surface area contributed by atoms with Gasteiger partial charge in [0.15, 0.2) is 5.69 Å². The molecule has 1 aromatic heterocycles. The average molecular weight is 370 g/mol. The van der Waals surface area contributed by atoms with Crippen LogP contribution in [0.2, 0.25) is 0 Å². The number of aryl methyl sites for hydroxylation is 1. The molecule has 1 atom stereocenters. The molecule has 2 saturated heterocycles. The molecule has 3 heterocycles. The van der Waals surface area contributed by atoms with Crippen LogP contribution in [0.3, 0.4) is 0 Å². The number of hydrogen-bond donors (Lipinski definition) is 1. The molecule has 2 aliphatic heterocycles. The molecule has 3 fully saturated rings. The van der Waals surface area contributed by atoms with Gasteiger partial charge in [0, 0.05) is 36.9 Å². The fraction of sp³-hybridized carbons (Fsp3) is 0.762. The fourth-order valence-corrected chi connectivity index (χ4v) is 5.91. The molecule has 1 N–H and O–H groups in total. The van der Waals surface area contributed by atoms with Crippen LogP contribution in [-0.4, -0.2) is 57.5 Å². The van der Waals surface area contributed by atoms with E-state index in [1.807, 2.05) is 4.90 Å². The van der Waals surface area contributed by atoms with Crippen LogP contribution in [0.15, 0.2) is 0 Å². The molecule has 1 aromatic rings. The van der Waals surface area contributed by atoms with Crippen molar-refractivity contribution in [2.45, 2.75) is 76.7 Å². The number of carbonyl (C=O) groups is 2. The van der Waals surface area contributed by atoms with Gasteiger partial charge in [0.05, 0.1) is 5.41 Å². The lowest BCUT2D eigenvalue weighted by Gasteiger charge is -2.44. The first-order valence-electron chi connectivity index (χ1n) is 10.8. The van der Waals surface area contributed by atoms with Crippen molar-refractivity contribution in [1.82, 2.24) is 20.0 Å². The second-order valence-electron chi connectivity index (χ2n) is 9.03. The Morgan fingerprint density at radius 2 is 1.89 bits per heavy atom. The summed E-state index contributed by atoms with van der Waals surface area (Å²) in [5, 5.41) is 7.36. The van der Waals surface area contributed by atoms with Crippen LogP contribution in [0.5, 0.6) is 0 Å². The molecule has 1 spiro atoms. The van der Waals surface area contributed by atoms with E-state index >= 15 is 0 Å². The van der Waals surface area contributed by atoms with Crippen molar-refractivity contribution in [1.29, 1.82) is 0 Å². The Balaban J connectivity index is 1.32. The van der Waals surface area contributed by atoms with Crippen LogP contribution in [0.4, 0.5) is 0 Å². The highest BCUT2D eigenvalue weighted by atomic mass is 16.2. The van der Waals surface area contributed by atoms with Gasteiger partial charge in [-0.25, -0.2) is 0 Å². The highest BCUT2D eigenvalue weighted by Crippen LogP contribution is 2.42. The van der Waals surface area contributed by atoms with Crippen molar-refractivity contribution in [3.8, 4) is 0 Å². The van der Waals surface area contributed by atoms with Crippen LogP contribution < -0.4 is 0 Å². The molecule has 1 unspecified atom stereocenters. The first kappa shape index (κ1) is 17.3. The minimum Gasteiger partial charge on any atom is -0.339 e. The molecule has 0 radical (unpaired) electrons. The van der Waals surface area contributed by atoms with Crippen LogP contribution >= 0.6 is 0 Å². The van der Waals surface area contributed by atoms with E-state index in [9.17, 15) is 9.59 Å². The first-order chi connectivity index (χ1) is 13.2. The number of hydrogen-bond acceptors (Lipinski definition) is 3. The summed E-state index contributed by atoms with van der Waals surface area (Å²) in [4.78, 5) is 30.6. The first-order valence-corrected chi connectivity index (χ1v) is 10.8. The van der Waals surface area contributed by atoms with Gasteiger partial charge in [0.1, 0.15) is 0 Å². The maximum Gasteiger partial charge on any atom is 0.274 e. The van der Waals surface area contributed by atoms with Gasteiger partial charge < -0.3 is 9.80 Å². The number of fused-ring (bicyclic) bond motifs is 1. The number of carbonyl (C=O) groups excluding carboxylic acids is 2. The Morgan fingerprint density at radius 3 is 2.74 bits per heavy atom. The quantitative estimate of drug-likeness (QED) is 0.870. The lowest BCUT2D eigenvalue weighted by molar-refractivity contribution is -0.149. The predicted molar refractivity (Wildman–Crippen MR) is 101 cm³/mol. The highest BCUT2D eigenvalue weighted by molar-refractivity contribution is 5.95. The van der Waals surface area contributed by atoms with E-state index in [1.54, 1.807) is 0 Å². The van der Waals surface area contributed by atoms with Gasteiger partial charge in [-0.05, 0) is 51.4 Å². The second kappa shape index (κ2) is 6.64. The van der Waals surface area contributed by atoms with Gasteiger partial charge >= 0.3 is 0 Å². The number of piperidine rings is 1. The summed E-state index contributed by atoms with van der Waals surface area (Å²) < 4.78 is 0. The highest BCUT2D eigenvalue weighted by Gasteiger charge is 2.51. The molecule has 6 nitrogen and oxygen atoms in total. The monoisotopic (exact) mass is 370 g/mol. The van der Waals surface area contributed by atoms with E-state index in [0.717, 1.165) is 69.2 Å². The molecular weight excluding hydrogens is 340 g/mol. The minimum atomic E-state index is -0.342. The summed E-state index contributed by atoms with van der Waals surface area (Å²) in [6.07, 6.45) is 12.0. The Bertz CT molecular complexity index is 751. The van der Waals surface area contributed by atoms with E-state index in [4.69, 9.17) is 0 Å². The number of likely N-dealkylation sites (tertiary alicyclic amines) is 2. The lowest BCUT2D eigenvalue weighted by atomic mass is 9.77. The number of aromatic amines is 1. The Morgan fingerprint density at radius 1 is 1.04 bits per heavy atom. The largest absolute Gasteiger partial charge is 0.339 e. The maximum atomic E-state index is 13.5. The molecule has 4 aliphatic rings. The summed E-state index contributed by atoms with van der Waals surface area (Å²) in [5.41, 5.74) is 2.50. The van der Waals surface area contributed by atoms with Crippen molar-refractivity contribution in [3.05, 3.63) is 17.0 Å². The number of nitrogens with one attached hydrogen (secondary N) is 1. The lowest BCUT2D eigenvalue weighted by Crippen LogP contribution is -2.54. The van der Waals surface area contributed by atoms with Crippen LogP contribution in [0.1, 0.15) is 79.5 Å². The molecule has 2 amide bonds. The Labute approximate surface area is 160 Å². The summed E-state index contributed by atoms with van der Waals surface area (Å²) >= 11 is 0. The van der Waals surface area contributed by atoms with Crippen LogP contribution in [-0.2, 0) is 17.6 Å². The molecule has 6 heteroatoms. The van der Waals surface area contributed by atoms with Gasteiger partial charge in [-0.1, -0.05) is 19.3 Å². The van der Waals surface area contributed by atoms with E-state index in [2.05, 4.69) is 15.1 Å². The summed E-state index contributed by atoms with van der Waals surface area (Å²) in [5.74, 6) is 0.345. The van der Waals surface area contributed by atoms with Crippen LogP contribution in [0.25, 0.3) is 0 Å². The second-order valence-corrected chi connectivity index (χ2v) is 9.03. The molecule has 0 bridgehead atoms. The fourth-order valence-electron chi connectivity index (χ4n) is 5.91. The third-order valence-corrected chi connectivity index (χ3v) is 7.43. The zero-order valence-electron chi connectivity index (χ0n) is 16.1. The van der Waals surface area contributed by atoms with Gasteiger partial charge in [0.2, 0.25) is 5.91 Å². The molecule has 1 saturated carbocycles. The Kier molecular flexibility index (Phi) is 4.25.